The van der Waals surface area contributed by atoms with Crippen LogP contribution in [0.3, 0.4) is 0 Å². The SMILES string of the molecule is COC1CC(C(=O)O)N(C(=O)c2ccc(OCC3CCCCC3)cc2)C1. The van der Waals surface area contributed by atoms with E-state index in [9.17, 15) is 14.7 Å². The van der Waals surface area contributed by atoms with Crippen molar-refractivity contribution in [2.75, 3.05) is 20.3 Å². The van der Waals surface area contributed by atoms with E-state index in [4.69, 9.17) is 9.47 Å². The zero-order valence-electron chi connectivity index (χ0n) is 15.2. The maximum atomic E-state index is 12.7. The Labute approximate surface area is 154 Å². The second-order valence-electron chi connectivity index (χ2n) is 7.24. The standard InChI is InChI=1S/C20H27NO5/c1-25-17-11-18(20(23)24)21(12-17)19(22)15-7-9-16(10-8-15)26-13-14-5-3-2-4-6-14/h7-10,14,17-18H,2-6,11-13H2,1H3,(H,23,24). The Bertz CT molecular complexity index is 624. The highest BCUT2D eigenvalue weighted by Gasteiger charge is 2.40. The van der Waals surface area contributed by atoms with Crippen LogP contribution in [-0.4, -0.2) is 54.3 Å². The largest absolute Gasteiger partial charge is 0.493 e. The number of likely N-dealkylation sites (tertiary alicyclic amines) is 1. The number of carbonyl (C=O) groups excluding carboxylic acids is 1. The molecule has 0 radical (unpaired) electrons. The molecule has 1 aliphatic carbocycles. The number of hydrogen-bond acceptors (Lipinski definition) is 4. The summed E-state index contributed by atoms with van der Waals surface area (Å²) in [6.45, 7) is 1.02. The summed E-state index contributed by atoms with van der Waals surface area (Å²) in [5.74, 6) is 0.0937. The molecule has 1 aliphatic heterocycles. The quantitative estimate of drug-likeness (QED) is 0.843. The number of nitrogens with zero attached hydrogens (tertiary/aromatic N) is 1. The highest BCUT2D eigenvalue weighted by molar-refractivity contribution is 5.97. The van der Waals surface area contributed by atoms with Gasteiger partial charge in [-0.2, -0.15) is 0 Å². The van der Waals surface area contributed by atoms with Crippen molar-refractivity contribution in [2.24, 2.45) is 5.92 Å². The summed E-state index contributed by atoms with van der Waals surface area (Å²) in [4.78, 5) is 25.5. The molecule has 2 unspecified atom stereocenters. The molecule has 6 heteroatoms. The minimum absolute atomic E-state index is 0.238. The van der Waals surface area contributed by atoms with E-state index in [1.54, 1.807) is 24.3 Å². The summed E-state index contributed by atoms with van der Waals surface area (Å²) in [5, 5.41) is 9.36. The first-order chi connectivity index (χ1) is 12.6. The van der Waals surface area contributed by atoms with Crippen LogP contribution in [0.1, 0.15) is 48.9 Å². The van der Waals surface area contributed by atoms with Crippen LogP contribution in [0.5, 0.6) is 5.75 Å². The van der Waals surface area contributed by atoms with Crippen LogP contribution in [-0.2, 0) is 9.53 Å². The number of rotatable bonds is 6. The molecule has 1 heterocycles. The highest BCUT2D eigenvalue weighted by atomic mass is 16.5. The van der Waals surface area contributed by atoms with Crippen molar-refractivity contribution in [1.82, 2.24) is 4.90 Å². The lowest BCUT2D eigenvalue weighted by molar-refractivity contribution is -0.141. The monoisotopic (exact) mass is 361 g/mol. The van der Waals surface area contributed by atoms with Crippen molar-refractivity contribution < 1.29 is 24.2 Å². The molecule has 1 saturated heterocycles. The maximum absolute atomic E-state index is 12.7. The molecule has 1 saturated carbocycles. The van der Waals surface area contributed by atoms with Crippen molar-refractivity contribution in [1.29, 1.82) is 0 Å². The summed E-state index contributed by atoms with van der Waals surface area (Å²) < 4.78 is 11.1. The number of benzene rings is 1. The molecule has 0 spiro atoms. The van der Waals surface area contributed by atoms with E-state index in [0.29, 0.717) is 24.4 Å². The van der Waals surface area contributed by atoms with E-state index in [0.717, 1.165) is 12.4 Å². The zero-order chi connectivity index (χ0) is 18.5. The van der Waals surface area contributed by atoms with Gasteiger partial charge in [0.1, 0.15) is 11.8 Å². The lowest BCUT2D eigenvalue weighted by Gasteiger charge is -2.22. The van der Waals surface area contributed by atoms with E-state index in [1.165, 1.54) is 44.1 Å². The van der Waals surface area contributed by atoms with Gasteiger partial charge in [-0.15, -0.1) is 0 Å². The van der Waals surface area contributed by atoms with Crippen LogP contribution in [0.2, 0.25) is 0 Å². The number of aliphatic carboxylic acids is 1. The Hall–Kier alpha value is -2.08. The third kappa shape index (κ3) is 4.36. The molecular weight excluding hydrogens is 334 g/mol. The molecule has 3 rings (SSSR count). The van der Waals surface area contributed by atoms with Gasteiger partial charge in [-0.25, -0.2) is 4.79 Å². The van der Waals surface area contributed by atoms with E-state index >= 15 is 0 Å². The van der Waals surface area contributed by atoms with E-state index < -0.39 is 12.0 Å². The fourth-order valence-electron chi connectivity index (χ4n) is 3.85. The number of carboxylic acid groups (broad SMARTS) is 1. The van der Waals surface area contributed by atoms with Gasteiger partial charge >= 0.3 is 5.97 Å². The Morgan fingerprint density at radius 3 is 2.46 bits per heavy atom. The van der Waals surface area contributed by atoms with Crippen LogP contribution in [0.25, 0.3) is 0 Å². The molecule has 1 N–H and O–H groups in total. The number of amides is 1. The fraction of sp³-hybridized carbons (Fsp3) is 0.600. The van der Waals surface area contributed by atoms with Gasteiger partial charge in [0.25, 0.3) is 5.91 Å². The van der Waals surface area contributed by atoms with E-state index in [1.807, 2.05) is 0 Å². The van der Waals surface area contributed by atoms with Gasteiger partial charge in [0, 0.05) is 25.6 Å². The van der Waals surface area contributed by atoms with Crippen molar-refractivity contribution in [2.45, 2.75) is 50.7 Å². The average Bonchev–Trinajstić information content (AvgIpc) is 3.12. The number of carboxylic acids is 1. The average molecular weight is 361 g/mol. The summed E-state index contributed by atoms with van der Waals surface area (Å²) in [6.07, 6.45) is 6.42. The molecule has 6 nitrogen and oxygen atoms in total. The number of carbonyl (C=O) groups is 2. The second kappa shape index (κ2) is 8.54. The van der Waals surface area contributed by atoms with Crippen molar-refractivity contribution in [3.63, 3.8) is 0 Å². The lowest BCUT2D eigenvalue weighted by Crippen LogP contribution is -2.40. The third-order valence-corrected chi connectivity index (χ3v) is 5.45. The third-order valence-electron chi connectivity index (χ3n) is 5.45. The molecule has 1 amide bonds. The highest BCUT2D eigenvalue weighted by Crippen LogP contribution is 2.26. The van der Waals surface area contributed by atoms with Gasteiger partial charge in [-0.05, 0) is 43.0 Å². The number of ether oxygens (including phenoxy) is 2. The maximum Gasteiger partial charge on any atom is 0.326 e. The smallest absolute Gasteiger partial charge is 0.326 e. The van der Waals surface area contributed by atoms with Crippen LogP contribution >= 0.6 is 0 Å². The minimum Gasteiger partial charge on any atom is -0.493 e. The number of methoxy groups -OCH3 is 1. The van der Waals surface area contributed by atoms with Gasteiger partial charge in [0.2, 0.25) is 0 Å². The van der Waals surface area contributed by atoms with Gasteiger partial charge < -0.3 is 19.5 Å². The molecule has 0 aromatic heterocycles. The van der Waals surface area contributed by atoms with Gasteiger partial charge in [0.15, 0.2) is 0 Å². The molecule has 26 heavy (non-hydrogen) atoms. The first-order valence-electron chi connectivity index (χ1n) is 9.38. The van der Waals surface area contributed by atoms with Crippen LogP contribution in [0, 0.1) is 5.92 Å². The van der Waals surface area contributed by atoms with Gasteiger partial charge in [-0.1, -0.05) is 19.3 Å². The Morgan fingerprint density at radius 1 is 1.15 bits per heavy atom. The van der Waals surface area contributed by atoms with Crippen molar-refractivity contribution >= 4 is 11.9 Å². The second-order valence-corrected chi connectivity index (χ2v) is 7.24. The number of hydrogen-bond donors (Lipinski definition) is 1. The first kappa shape index (κ1) is 18.7. The first-order valence-corrected chi connectivity index (χ1v) is 9.38. The van der Waals surface area contributed by atoms with Gasteiger partial charge in [0.05, 0.1) is 12.7 Å². The Balaban J connectivity index is 1.60. The van der Waals surface area contributed by atoms with E-state index in [2.05, 4.69) is 0 Å². The summed E-state index contributed by atoms with van der Waals surface area (Å²) in [5.41, 5.74) is 0.470. The molecule has 0 bridgehead atoms. The fourth-order valence-corrected chi connectivity index (χ4v) is 3.85. The summed E-state index contributed by atoms with van der Waals surface area (Å²) >= 11 is 0. The predicted octanol–water partition coefficient (Wildman–Crippen LogP) is 2.96. The molecule has 142 valence electrons. The Kier molecular flexibility index (Phi) is 6.14. The molecule has 2 aliphatic rings. The van der Waals surface area contributed by atoms with Gasteiger partial charge in [-0.3, -0.25) is 4.79 Å². The lowest BCUT2D eigenvalue weighted by atomic mass is 9.90. The zero-order valence-corrected chi connectivity index (χ0v) is 15.2. The van der Waals surface area contributed by atoms with Crippen molar-refractivity contribution in [3.8, 4) is 5.75 Å². The van der Waals surface area contributed by atoms with Crippen molar-refractivity contribution in [3.05, 3.63) is 29.8 Å². The Morgan fingerprint density at radius 2 is 1.85 bits per heavy atom. The summed E-state index contributed by atoms with van der Waals surface area (Å²) in [6, 6.07) is 6.15. The molecular formula is C20H27NO5. The normalized spacial score (nSPS) is 23.8. The van der Waals surface area contributed by atoms with Crippen LogP contribution in [0.15, 0.2) is 24.3 Å². The molecule has 2 fully saturated rings. The minimum atomic E-state index is -0.995. The predicted molar refractivity (Wildman–Crippen MR) is 96.4 cm³/mol. The van der Waals surface area contributed by atoms with E-state index in [-0.39, 0.29) is 12.0 Å². The summed E-state index contributed by atoms with van der Waals surface area (Å²) in [7, 11) is 1.54. The molecule has 1 aromatic rings. The molecule has 2 atom stereocenters. The topological polar surface area (TPSA) is 76.1 Å². The molecule has 1 aromatic carbocycles. The van der Waals surface area contributed by atoms with Crippen LogP contribution < -0.4 is 4.74 Å². The van der Waals surface area contributed by atoms with Crippen LogP contribution in [0.4, 0.5) is 0 Å².